The van der Waals surface area contributed by atoms with Crippen LogP contribution in [0.3, 0.4) is 0 Å². The predicted octanol–water partition coefficient (Wildman–Crippen LogP) is 3.96. The Kier molecular flexibility index (Phi) is 3.59. The molecule has 4 nitrogen and oxygen atoms in total. The zero-order valence-corrected chi connectivity index (χ0v) is 12.6. The number of aromatic hydroxyl groups is 2. The molecular formula is C18H18N2O2. The molecule has 0 aliphatic rings. The average molecular weight is 294 g/mol. The summed E-state index contributed by atoms with van der Waals surface area (Å²) < 4.78 is 1.96. The van der Waals surface area contributed by atoms with E-state index < -0.39 is 0 Å². The van der Waals surface area contributed by atoms with E-state index in [2.05, 4.69) is 6.92 Å². The second-order valence-corrected chi connectivity index (χ2v) is 5.23. The highest BCUT2D eigenvalue weighted by Crippen LogP contribution is 2.32. The molecule has 0 fully saturated rings. The normalized spacial score (nSPS) is 10.8. The molecule has 22 heavy (non-hydrogen) atoms. The molecule has 0 bridgehead atoms. The van der Waals surface area contributed by atoms with E-state index in [9.17, 15) is 10.2 Å². The predicted molar refractivity (Wildman–Crippen MR) is 86.8 cm³/mol. The van der Waals surface area contributed by atoms with Gasteiger partial charge < -0.3 is 10.2 Å². The smallest absolute Gasteiger partial charge is 0.115 e. The lowest BCUT2D eigenvalue weighted by Crippen LogP contribution is -1.99. The van der Waals surface area contributed by atoms with E-state index >= 15 is 0 Å². The summed E-state index contributed by atoms with van der Waals surface area (Å²) in [5.41, 5.74) is 5.03. The van der Waals surface area contributed by atoms with Crippen LogP contribution < -0.4 is 0 Å². The number of aryl methyl sites for hydroxylation is 1. The van der Waals surface area contributed by atoms with Crippen molar-refractivity contribution in [3.63, 3.8) is 0 Å². The molecule has 1 aromatic heterocycles. The molecule has 112 valence electrons. The monoisotopic (exact) mass is 294 g/mol. The van der Waals surface area contributed by atoms with Crippen LogP contribution in [0.1, 0.15) is 12.5 Å². The Bertz CT molecular complexity index is 787. The van der Waals surface area contributed by atoms with Crippen LogP contribution >= 0.6 is 0 Å². The third-order valence-electron chi connectivity index (χ3n) is 3.77. The maximum atomic E-state index is 9.46. The first-order valence-electron chi connectivity index (χ1n) is 7.26. The fraction of sp³-hybridized carbons (Fsp3) is 0.167. The van der Waals surface area contributed by atoms with Crippen molar-refractivity contribution in [1.82, 2.24) is 9.78 Å². The summed E-state index contributed by atoms with van der Waals surface area (Å²) in [7, 11) is 0. The Balaban J connectivity index is 2.15. The van der Waals surface area contributed by atoms with Crippen LogP contribution in [0, 0.1) is 6.92 Å². The fourth-order valence-electron chi connectivity index (χ4n) is 2.66. The van der Waals surface area contributed by atoms with Crippen molar-refractivity contribution in [2.24, 2.45) is 0 Å². The Morgan fingerprint density at radius 1 is 0.864 bits per heavy atom. The van der Waals surface area contributed by atoms with E-state index in [-0.39, 0.29) is 11.5 Å². The van der Waals surface area contributed by atoms with Gasteiger partial charge in [0.1, 0.15) is 11.5 Å². The van der Waals surface area contributed by atoms with Gasteiger partial charge in [0.25, 0.3) is 0 Å². The molecule has 0 atom stereocenters. The molecule has 0 amide bonds. The minimum absolute atomic E-state index is 0.245. The highest BCUT2D eigenvalue weighted by Gasteiger charge is 2.16. The molecular weight excluding hydrogens is 276 g/mol. The van der Waals surface area contributed by atoms with Gasteiger partial charge in [0, 0.05) is 23.2 Å². The van der Waals surface area contributed by atoms with Gasteiger partial charge in [-0.1, -0.05) is 0 Å². The van der Waals surface area contributed by atoms with E-state index in [0.717, 1.165) is 34.6 Å². The van der Waals surface area contributed by atoms with Crippen molar-refractivity contribution in [1.29, 1.82) is 0 Å². The van der Waals surface area contributed by atoms with Crippen LogP contribution in [0.5, 0.6) is 11.5 Å². The highest BCUT2D eigenvalue weighted by molar-refractivity contribution is 5.74. The van der Waals surface area contributed by atoms with Crippen LogP contribution in [-0.4, -0.2) is 20.0 Å². The topological polar surface area (TPSA) is 58.3 Å². The van der Waals surface area contributed by atoms with E-state index in [0.29, 0.717) is 0 Å². The van der Waals surface area contributed by atoms with E-state index in [4.69, 9.17) is 5.10 Å². The second kappa shape index (κ2) is 5.56. The van der Waals surface area contributed by atoms with Crippen molar-refractivity contribution in [3.8, 4) is 34.0 Å². The minimum Gasteiger partial charge on any atom is -0.508 e. The number of aromatic nitrogens is 2. The van der Waals surface area contributed by atoms with Gasteiger partial charge in [0.05, 0.1) is 11.4 Å². The summed E-state index contributed by atoms with van der Waals surface area (Å²) in [6, 6.07) is 14.2. The minimum atomic E-state index is 0.245. The Hall–Kier alpha value is -2.75. The average Bonchev–Trinajstić information content (AvgIpc) is 2.86. The maximum Gasteiger partial charge on any atom is 0.115 e. The van der Waals surface area contributed by atoms with Gasteiger partial charge in [-0.15, -0.1) is 0 Å². The van der Waals surface area contributed by atoms with Gasteiger partial charge in [0.15, 0.2) is 0 Å². The Morgan fingerprint density at radius 3 is 1.86 bits per heavy atom. The summed E-state index contributed by atoms with van der Waals surface area (Å²) in [5.74, 6) is 0.498. The number of hydrogen-bond donors (Lipinski definition) is 2. The standard InChI is InChI=1S/C18H18N2O2/c1-3-20-18(14-6-10-16(22)11-7-14)12(2)17(19-20)13-4-8-15(21)9-5-13/h4-11,21-22H,3H2,1-2H3. The number of phenolic OH excluding ortho intramolecular Hbond substituents is 2. The first-order chi connectivity index (χ1) is 10.6. The quantitative estimate of drug-likeness (QED) is 0.768. The lowest BCUT2D eigenvalue weighted by atomic mass is 10.0. The SMILES string of the molecule is CCn1nc(-c2ccc(O)cc2)c(C)c1-c1ccc(O)cc1. The first kappa shape index (κ1) is 14.2. The zero-order valence-electron chi connectivity index (χ0n) is 12.6. The molecule has 4 heteroatoms. The van der Waals surface area contributed by atoms with Crippen molar-refractivity contribution < 1.29 is 10.2 Å². The van der Waals surface area contributed by atoms with Crippen LogP contribution in [-0.2, 0) is 6.54 Å². The van der Waals surface area contributed by atoms with Crippen molar-refractivity contribution in [2.45, 2.75) is 20.4 Å². The molecule has 1 heterocycles. The van der Waals surface area contributed by atoms with Gasteiger partial charge in [-0.2, -0.15) is 5.10 Å². The van der Waals surface area contributed by atoms with Gasteiger partial charge in [-0.05, 0) is 62.4 Å². The number of nitrogens with zero attached hydrogens (tertiary/aromatic N) is 2. The van der Waals surface area contributed by atoms with Crippen molar-refractivity contribution in [2.75, 3.05) is 0 Å². The molecule has 0 radical (unpaired) electrons. The summed E-state index contributed by atoms with van der Waals surface area (Å²) in [6.45, 7) is 4.86. The summed E-state index contributed by atoms with van der Waals surface area (Å²) >= 11 is 0. The van der Waals surface area contributed by atoms with E-state index in [1.807, 2.05) is 35.9 Å². The van der Waals surface area contributed by atoms with Gasteiger partial charge in [-0.3, -0.25) is 4.68 Å². The molecule has 3 rings (SSSR count). The van der Waals surface area contributed by atoms with Gasteiger partial charge in [-0.25, -0.2) is 0 Å². The molecule has 0 saturated carbocycles. The summed E-state index contributed by atoms with van der Waals surface area (Å²) in [5, 5.41) is 23.6. The summed E-state index contributed by atoms with van der Waals surface area (Å²) in [4.78, 5) is 0. The molecule has 0 aliphatic carbocycles. The van der Waals surface area contributed by atoms with E-state index in [1.165, 1.54) is 0 Å². The van der Waals surface area contributed by atoms with Crippen molar-refractivity contribution in [3.05, 3.63) is 54.1 Å². The number of benzene rings is 2. The Morgan fingerprint density at radius 2 is 1.36 bits per heavy atom. The van der Waals surface area contributed by atoms with Crippen LogP contribution in [0.4, 0.5) is 0 Å². The fourth-order valence-corrected chi connectivity index (χ4v) is 2.66. The van der Waals surface area contributed by atoms with Crippen molar-refractivity contribution >= 4 is 0 Å². The molecule has 0 aliphatic heterocycles. The van der Waals surface area contributed by atoms with E-state index in [1.54, 1.807) is 24.3 Å². The number of phenols is 2. The molecule has 2 aromatic carbocycles. The second-order valence-electron chi connectivity index (χ2n) is 5.23. The van der Waals surface area contributed by atoms with Gasteiger partial charge >= 0.3 is 0 Å². The first-order valence-corrected chi connectivity index (χ1v) is 7.26. The number of rotatable bonds is 3. The largest absolute Gasteiger partial charge is 0.508 e. The lowest BCUT2D eigenvalue weighted by Gasteiger charge is -2.06. The van der Waals surface area contributed by atoms with Crippen LogP contribution in [0.15, 0.2) is 48.5 Å². The molecule has 3 aromatic rings. The lowest BCUT2D eigenvalue weighted by molar-refractivity contribution is 0.475. The molecule has 0 spiro atoms. The maximum absolute atomic E-state index is 9.46. The molecule has 0 unspecified atom stereocenters. The third kappa shape index (κ3) is 2.44. The molecule has 2 N–H and O–H groups in total. The molecule has 0 saturated heterocycles. The van der Waals surface area contributed by atoms with Crippen LogP contribution in [0.2, 0.25) is 0 Å². The summed E-state index contributed by atoms with van der Waals surface area (Å²) in [6.07, 6.45) is 0. The Labute approximate surface area is 129 Å². The van der Waals surface area contributed by atoms with Crippen LogP contribution in [0.25, 0.3) is 22.5 Å². The number of hydrogen-bond acceptors (Lipinski definition) is 3. The zero-order chi connectivity index (χ0) is 15.7. The third-order valence-corrected chi connectivity index (χ3v) is 3.77. The highest BCUT2D eigenvalue weighted by atomic mass is 16.3. The van der Waals surface area contributed by atoms with Gasteiger partial charge in [0.2, 0.25) is 0 Å².